The third-order valence-electron chi connectivity index (χ3n) is 2.73. The number of nitrogens with two attached hydrogens (primary N) is 2. The van der Waals surface area contributed by atoms with Crippen LogP contribution in [0, 0.1) is 5.92 Å². The fourth-order valence-corrected chi connectivity index (χ4v) is 1.55. The summed E-state index contributed by atoms with van der Waals surface area (Å²) in [5.41, 5.74) is 11.2. The van der Waals surface area contributed by atoms with E-state index in [9.17, 15) is 4.79 Å². The maximum atomic E-state index is 11.6. The molecule has 1 aliphatic carbocycles. The van der Waals surface area contributed by atoms with Crippen molar-refractivity contribution in [2.75, 3.05) is 7.11 Å². The SMILES string of the molecule is COc1cc(/C=[NH+]\N=C(N)N)ccc1OC(=O)C1CC1. The number of guanidine groups is 1. The Morgan fingerprint density at radius 2 is 2.15 bits per heavy atom. The molecule has 1 aliphatic rings. The summed E-state index contributed by atoms with van der Waals surface area (Å²) < 4.78 is 10.5. The molecular formula is C13H17N4O3+. The first-order valence-electron chi connectivity index (χ1n) is 6.17. The van der Waals surface area contributed by atoms with Crippen LogP contribution in [-0.4, -0.2) is 25.3 Å². The number of carbonyl (C=O) groups is 1. The van der Waals surface area contributed by atoms with Crippen molar-refractivity contribution in [1.82, 2.24) is 0 Å². The molecule has 106 valence electrons. The minimum absolute atomic E-state index is 0.0366. The maximum Gasteiger partial charge on any atom is 0.314 e. The zero-order valence-electron chi connectivity index (χ0n) is 11.1. The lowest BCUT2D eigenvalue weighted by Crippen LogP contribution is -2.63. The predicted octanol–water partition coefficient (Wildman–Crippen LogP) is -1.30. The zero-order chi connectivity index (χ0) is 14.5. The van der Waals surface area contributed by atoms with Gasteiger partial charge in [-0.1, -0.05) is 0 Å². The van der Waals surface area contributed by atoms with Gasteiger partial charge in [0, 0.05) is 10.7 Å². The molecule has 0 aliphatic heterocycles. The second-order valence-electron chi connectivity index (χ2n) is 4.42. The van der Waals surface area contributed by atoms with Crippen LogP contribution in [0.1, 0.15) is 18.4 Å². The standard InChI is InChI=1S/C13H16N4O3/c1-19-11-6-8(7-16-17-13(14)15)2-5-10(11)20-12(18)9-3-4-9/h2,5-7,9H,3-4H2,1H3,(H4,14,15,17)/p+1/b16-7-. The van der Waals surface area contributed by atoms with Crippen molar-refractivity contribution < 1.29 is 19.4 Å². The summed E-state index contributed by atoms with van der Waals surface area (Å²) >= 11 is 0. The quantitative estimate of drug-likeness (QED) is 0.203. The molecule has 0 saturated heterocycles. The molecule has 0 heterocycles. The molecule has 0 atom stereocenters. The topological polar surface area (TPSA) is 114 Å². The molecule has 20 heavy (non-hydrogen) atoms. The van der Waals surface area contributed by atoms with E-state index in [0.717, 1.165) is 18.4 Å². The highest BCUT2D eigenvalue weighted by molar-refractivity contribution is 5.80. The van der Waals surface area contributed by atoms with Crippen LogP contribution in [0.15, 0.2) is 23.3 Å². The second-order valence-corrected chi connectivity index (χ2v) is 4.42. The Kier molecular flexibility index (Phi) is 4.19. The van der Waals surface area contributed by atoms with Gasteiger partial charge >= 0.3 is 5.97 Å². The summed E-state index contributed by atoms with van der Waals surface area (Å²) in [6, 6.07) is 5.14. The summed E-state index contributed by atoms with van der Waals surface area (Å²) in [6.45, 7) is 0. The van der Waals surface area contributed by atoms with Crippen LogP contribution in [-0.2, 0) is 4.79 Å². The number of methoxy groups -OCH3 is 1. The lowest BCUT2D eigenvalue weighted by atomic mass is 10.2. The summed E-state index contributed by atoms with van der Waals surface area (Å²) in [5.74, 6) is 0.638. The molecule has 0 bridgehead atoms. The van der Waals surface area contributed by atoms with E-state index < -0.39 is 0 Å². The van der Waals surface area contributed by atoms with Gasteiger partial charge in [-0.3, -0.25) is 4.79 Å². The van der Waals surface area contributed by atoms with Crippen LogP contribution in [0.3, 0.4) is 0 Å². The molecule has 5 N–H and O–H groups in total. The van der Waals surface area contributed by atoms with Crippen LogP contribution in [0.5, 0.6) is 11.5 Å². The highest BCUT2D eigenvalue weighted by atomic mass is 16.6. The summed E-state index contributed by atoms with van der Waals surface area (Å²) in [7, 11) is 1.51. The zero-order valence-corrected chi connectivity index (χ0v) is 11.1. The Balaban J connectivity index is 2.12. The lowest BCUT2D eigenvalue weighted by molar-refractivity contribution is -0.456. The highest BCUT2D eigenvalue weighted by Crippen LogP contribution is 2.33. The van der Waals surface area contributed by atoms with E-state index in [-0.39, 0.29) is 17.8 Å². The number of carbonyl (C=O) groups excluding carboxylic acids is 1. The first-order valence-corrected chi connectivity index (χ1v) is 6.17. The fourth-order valence-electron chi connectivity index (χ4n) is 1.55. The van der Waals surface area contributed by atoms with Crippen molar-refractivity contribution in [3.05, 3.63) is 23.8 Å². The van der Waals surface area contributed by atoms with Gasteiger partial charge in [0.25, 0.3) is 5.96 Å². The van der Waals surface area contributed by atoms with Crippen molar-refractivity contribution in [2.45, 2.75) is 12.8 Å². The van der Waals surface area contributed by atoms with E-state index in [2.05, 4.69) is 10.2 Å². The van der Waals surface area contributed by atoms with E-state index in [4.69, 9.17) is 20.9 Å². The third-order valence-corrected chi connectivity index (χ3v) is 2.73. The number of nitrogens with one attached hydrogen (secondary N) is 1. The number of rotatable bonds is 5. The van der Waals surface area contributed by atoms with Crippen LogP contribution in [0.4, 0.5) is 0 Å². The van der Waals surface area contributed by atoms with E-state index in [1.165, 1.54) is 7.11 Å². The molecule has 0 aromatic heterocycles. The maximum absolute atomic E-state index is 11.6. The van der Waals surface area contributed by atoms with E-state index in [1.807, 2.05) is 0 Å². The smallest absolute Gasteiger partial charge is 0.314 e. The number of hydrogen-bond acceptors (Lipinski definition) is 4. The fraction of sp³-hybridized carbons (Fsp3) is 0.308. The van der Waals surface area contributed by atoms with E-state index >= 15 is 0 Å². The van der Waals surface area contributed by atoms with Gasteiger partial charge in [-0.05, 0) is 31.0 Å². The predicted molar refractivity (Wildman–Crippen MR) is 73.3 cm³/mol. The Bertz CT molecular complexity index is 561. The Hall–Kier alpha value is -2.57. The second kappa shape index (κ2) is 6.05. The molecular weight excluding hydrogens is 260 g/mol. The van der Waals surface area contributed by atoms with Crippen molar-refractivity contribution in [2.24, 2.45) is 22.5 Å². The van der Waals surface area contributed by atoms with Gasteiger partial charge in [0.15, 0.2) is 11.5 Å². The van der Waals surface area contributed by atoms with Gasteiger partial charge in [0.05, 0.1) is 13.0 Å². The van der Waals surface area contributed by atoms with Crippen LogP contribution < -0.4 is 26.0 Å². The number of hydrazone groups is 1. The molecule has 1 fully saturated rings. The monoisotopic (exact) mass is 277 g/mol. The normalized spacial score (nSPS) is 14.1. The largest absolute Gasteiger partial charge is 0.493 e. The molecule has 2 rings (SSSR count). The molecule has 7 nitrogen and oxygen atoms in total. The summed E-state index contributed by atoms with van der Waals surface area (Å²) in [5, 5.41) is 6.21. The van der Waals surface area contributed by atoms with Crippen molar-refractivity contribution in [3.63, 3.8) is 0 Å². The average Bonchev–Trinajstić information content (AvgIpc) is 3.24. The van der Waals surface area contributed by atoms with Gasteiger partial charge in [-0.15, -0.1) is 5.10 Å². The summed E-state index contributed by atoms with van der Waals surface area (Å²) in [4.78, 5) is 11.6. The van der Waals surface area contributed by atoms with Gasteiger partial charge in [0.1, 0.15) is 0 Å². The van der Waals surface area contributed by atoms with Crippen molar-refractivity contribution >= 4 is 18.1 Å². The minimum Gasteiger partial charge on any atom is -0.493 e. The van der Waals surface area contributed by atoms with Crippen LogP contribution >= 0.6 is 0 Å². The average molecular weight is 277 g/mol. The van der Waals surface area contributed by atoms with Gasteiger partial charge in [0.2, 0.25) is 6.21 Å². The van der Waals surface area contributed by atoms with Gasteiger partial charge in [-0.25, -0.2) is 0 Å². The van der Waals surface area contributed by atoms with Crippen molar-refractivity contribution in [3.8, 4) is 11.5 Å². The Morgan fingerprint density at radius 1 is 1.40 bits per heavy atom. The molecule has 1 aromatic carbocycles. The van der Waals surface area contributed by atoms with Gasteiger partial charge < -0.3 is 20.9 Å². The Morgan fingerprint density at radius 3 is 2.75 bits per heavy atom. The minimum atomic E-state index is -0.210. The number of hydrogen-bond donors (Lipinski definition) is 3. The summed E-state index contributed by atoms with van der Waals surface area (Å²) in [6.07, 6.45) is 3.39. The first-order chi connectivity index (χ1) is 9.60. The highest BCUT2D eigenvalue weighted by Gasteiger charge is 2.32. The molecule has 0 spiro atoms. The molecule has 0 radical (unpaired) electrons. The van der Waals surface area contributed by atoms with E-state index in [1.54, 1.807) is 24.4 Å². The van der Waals surface area contributed by atoms with E-state index in [0.29, 0.717) is 11.5 Å². The molecule has 7 heteroatoms. The Labute approximate surface area is 116 Å². The van der Waals surface area contributed by atoms with Gasteiger partial charge in [-0.2, -0.15) is 0 Å². The molecule has 0 amide bonds. The van der Waals surface area contributed by atoms with Crippen LogP contribution in [0.25, 0.3) is 0 Å². The number of nitrogens with zero attached hydrogens (tertiary/aromatic N) is 1. The third kappa shape index (κ3) is 3.71. The number of esters is 1. The lowest BCUT2D eigenvalue weighted by Gasteiger charge is -2.08. The molecule has 1 aromatic rings. The number of benzene rings is 1. The molecule has 1 saturated carbocycles. The molecule has 0 unspecified atom stereocenters. The number of ether oxygens (including phenoxy) is 2. The first kappa shape index (κ1) is 13.9. The van der Waals surface area contributed by atoms with Crippen LogP contribution in [0.2, 0.25) is 0 Å². The van der Waals surface area contributed by atoms with Crippen molar-refractivity contribution in [1.29, 1.82) is 0 Å².